The first kappa shape index (κ1) is 31.2. The molecule has 220 valence electrons. The summed E-state index contributed by atoms with van der Waals surface area (Å²) in [6.07, 6.45) is 1.53. The number of methoxy groups -OCH3 is 2. The Kier molecular flexibility index (Phi) is 10.9. The number of nitrogens with one attached hydrogen (secondary N) is 3. The zero-order chi connectivity index (χ0) is 30.8. The van der Waals surface area contributed by atoms with Gasteiger partial charge in [-0.3, -0.25) is 14.4 Å². The van der Waals surface area contributed by atoms with Gasteiger partial charge >= 0.3 is 0 Å². The third-order valence-electron chi connectivity index (χ3n) is 6.15. The van der Waals surface area contributed by atoms with Crippen molar-refractivity contribution in [3.8, 4) is 11.5 Å². The van der Waals surface area contributed by atoms with E-state index in [0.717, 1.165) is 4.90 Å². The van der Waals surface area contributed by atoms with Gasteiger partial charge in [0.25, 0.3) is 11.8 Å². The van der Waals surface area contributed by atoms with Crippen molar-refractivity contribution in [3.05, 3.63) is 119 Å². The molecule has 8 nitrogen and oxygen atoms in total. The molecule has 0 aliphatic carbocycles. The van der Waals surface area contributed by atoms with Crippen molar-refractivity contribution in [1.82, 2.24) is 5.32 Å². The van der Waals surface area contributed by atoms with E-state index in [0.29, 0.717) is 39.0 Å². The molecule has 4 aromatic rings. The van der Waals surface area contributed by atoms with E-state index in [1.165, 1.54) is 32.1 Å². The highest BCUT2D eigenvalue weighted by molar-refractivity contribution is 8.00. The maximum atomic E-state index is 13.5. The summed E-state index contributed by atoms with van der Waals surface area (Å²) in [6, 6.07) is 27.9. The Balaban J connectivity index is 1.49. The molecule has 0 fully saturated rings. The summed E-state index contributed by atoms with van der Waals surface area (Å²) in [5.74, 6) is -0.251. The largest absolute Gasteiger partial charge is 0.493 e. The number of carbonyl (C=O) groups is 3. The molecular weight excluding hydrogens is 586 g/mol. The van der Waals surface area contributed by atoms with Crippen molar-refractivity contribution in [2.24, 2.45) is 0 Å². The van der Waals surface area contributed by atoms with Gasteiger partial charge in [0.2, 0.25) is 5.91 Å². The van der Waals surface area contributed by atoms with Crippen LogP contribution in [-0.2, 0) is 9.59 Å². The average Bonchev–Trinajstić information content (AvgIpc) is 3.01. The third kappa shape index (κ3) is 8.64. The maximum Gasteiger partial charge on any atom is 0.272 e. The summed E-state index contributed by atoms with van der Waals surface area (Å²) in [5.41, 5.74) is 2.07. The van der Waals surface area contributed by atoms with Crippen molar-refractivity contribution in [3.63, 3.8) is 0 Å². The fraction of sp³-hybridized carbons (Fsp3) is 0.121. The molecule has 0 aliphatic heterocycles. The van der Waals surface area contributed by atoms with E-state index in [-0.39, 0.29) is 16.9 Å². The van der Waals surface area contributed by atoms with Gasteiger partial charge in [-0.1, -0.05) is 48.0 Å². The molecule has 3 N–H and O–H groups in total. The molecule has 0 spiro atoms. The van der Waals surface area contributed by atoms with Gasteiger partial charge in [-0.05, 0) is 73.7 Å². The summed E-state index contributed by atoms with van der Waals surface area (Å²) >= 11 is 7.38. The number of halogens is 1. The zero-order valence-electron chi connectivity index (χ0n) is 23.7. The molecule has 0 bridgehead atoms. The SMILES string of the molecule is COc1cccc(/C=C(\NC(=O)c2ccccc2)C(=O)Nc2ccc(SC(C)C(=O)Nc3cccc(Cl)c3)cc2)c1OC. The molecule has 0 saturated heterocycles. The van der Waals surface area contributed by atoms with E-state index < -0.39 is 11.8 Å². The van der Waals surface area contributed by atoms with Crippen LogP contribution in [0.5, 0.6) is 11.5 Å². The molecule has 43 heavy (non-hydrogen) atoms. The number of ether oxygens (including phenoxy) is 2. The zero-order valence-corrected chi connectivity index (χ0v) is 25.3. The maximum absolute atomic E-state index is 13.5. The Bertz CT molecular complexity index is 1630. The number of amides is 3. The van der Waals surface area contributed by atoms with Crippen molar-refractivity contribution in [2.75, 3.05) is 24.9 Å². The van der Waals surface area contributed by atoms with Crippen LogP contribution in [0.4, 0.5) is 11.4 Å². The Labute approximate surface area is 259 Å². The number of para-hydroxylation sites is 1. The minimum Gasteiger partial charge on any atom is -0.493 e. The lowest BCUT2D eigenvalue weighted by Crippen LogP contribution is -2.30. The van der Waals surface area contributed by atoms with E-state index in [1.54, 1.807) is 104 Å². The second-order valence-electron chi connectivity index (χ2n) is 9.20. The van der Waals surface area contributed by atoms with Crippen LogP contribution in [-0.4, -0.2) is 37.2 Å². The van der Waals surface area contributed by atoms with Crippen molar-refractivity contribution in [1.29, 1.82) is 0 Å². The smallest absolute Gasteiger partial charge is 0.272 e. The van der Waals surface area contributed by atoms with E-state index in [9.17, 15) is 14.4 Å². The van der Waals surface area contributed by atoms with Gasteiger partial charge in [-0.2, -0.15) is 0 Å². The van der Waals surface area contributed by atoms with Crippen molar-refractivity contribution < 1.29 is 23.9 Å². The third-order valence-corrected chi connectivity index (χ3v) is 7.50. The van der Waals surface area contributed by atoms with Crippen LogP contribution < -0.4 is 25.4 Å². The number of carbonyl (C=O) groups excluding carboxylic acids is 3. The number of benzene rings is 4. The quantitative estimate of drug-likeness (QED) is 0.125. The van der Waals surface area contributed by atoms with Crippen LogP contribution in [0.25, 0.3) is 6.08 Å². The van der Waals surface area contributed by atoms with E-state index in [2.05, 4.69) is 16.0 Å². The number of hydrogen-bond donors (Lipinski definition) is 3. The highest BCUT2D eigenvalue weighted by Gasteiger charge is 2.18. The molecule has 0 saturated carbocycles. The second kappa shape index (κ2) is 14.9. The second-order valence-corrected chi connectivity index (χ2v) is 11.0. The van der Waals surface area contributed by atoms with Crippen molar-refractivity contribution >= 4 is 58.5 Å². The lowest BCUT2D eigenvalue weighted by molar-refractivity contribution is -0.115. The van der Waals surface area contributed by atoms with Gasteiger partial charge in [0.05, 0.1) is 19.5 Å². The van der Waals surface area contributed by atoms with Crippen LogP contribution >= 0.6 is 23.4 Å². The fourth-order valence-electron chi connectivity index (χ4n) is 4.01. The molecule has 3 amide bonds. The summed E-state index contributed by atoms with van der Waals surface area (Å²) in [6.45, 7) is 1.81. The van der Waals surface area contributed by atoms with Gasteiger partial charge in [-0.25, -0.2) is 0 Å². The molecule has 0 aromatic heterocycles. The summed E-state index contributed by atoms with van der Waals surface area (Å²) in [5, 5.41) is 8.56. The molecule has 1 unspecified atom stereocenters. The molecule has 0 aliphatic rings. The number of anilines is 2. The van der Waals surface area contributed by atoms with Crippen LogP contribution in [0.1, 0.15) is 22.8 Å². The Morgan fingerprint density at radius 1 is 0.814 bits per heavy atom. The standard InChI is InChI=1S/C33H30ClN3O5S/c1-21(31(38)36-26-13-8-12-24(34)20-26)43-27-17-15-25(16-18-27)35-33(40)28(37-32(39)22-9-5-4-6-10-22)19-23-11-7-14-29(41-2)30(23)42-3/h4-21H,1-3H3,(H,35,40)(H,36,38)(H,37,39)/b28-19-. The predicted molar refractivity (Wildman–Crippen MR) is 172 cm³/mol. The van der Waals surface area contributed by atoms with E-state index in [4.69, 9.17) is 21.1 Å². The van der Waals surface area contributed by atoms with Crippen LogP contribution in [0.2, 0.25) is 5.02 Å². The summed E-state index contributed by atoms with van der Waals surface area (Å²) in [4.78, 5) is 39.9. The Hall–Kier alpha value is -4.73. The first-order chi connectivity index (χ1) is 20.8. The molecule has 0 radical (unpaired) electrons. The van der Waals surface area contributed by atoms with Gasteiger partial charge in [0, 0.05) is 32.4 Å². The molecule has 0 heterocycles. The number of thioether (sulfide) groups is 1. The van der Waals surface area contributed by atoms with Crippen LogP contribution in [0.15, 0.2) is 108 Å². The first-order valence-corrected chi connectivity index (χ1v) is 14.5. The molecule has 1 atom stereocenters. The monoisotopic (exact) mass is 615 g/mol. The van der Waals surface area contributed by atoms with Crippen LogP contribution in [0.3, 0.4) is 0 Å². The fourth-order valence-corrected chi connectivity index (χ4v) is 5.06. The highest BCUT2D eigenvalue weighted by Crippen LogP contribution is 2.32. The minimum atomic E-state index is -0.538. The Morgan fingerprint density at radius 2 is 1.53 bits per heavy atom. The van der Waals surface area contributed by atoms with E-state index in [1.807, 2.05) is 0 Å². The highest BCUT2D eigenvalue weighted by atomic mass is 35.5. The van der Waals surface area contributed by atoms with Gasteiger partial charge < -0.3 is 25.4 Å². The minimum absolute atomic E-state index is 0.00478. The molecule has 10 heteroatoms. The Morgan fingerprint density at radius 3 is 2.21 bits per heavy atom. The summed E-state index contributed by atoms with van der Waals surface area (Å²) < 4.78 is 10.9. The topological polar surface area (TPSA) is 106 Å². The van der Waals surface area contributed by atoms with Crippen molar-refractivity contribution in [2.45, 2.75) is 17.1 Å². The normalized spacial score (nSPS) is 11.7. The van der Waals surface area contributed by atoms with Gasteiger partial charge in [-0.15, -0.1) is 11.8 Å². The summed E-state index contributed by atoms with van der Waals surface area (Å²) in [7, 11) is 3.02. The van der Waals surface area contributed by atoms with Gasteiger partial charge in [0.15, 0.2) is 11.5 Å². The first-order valence-electron chi connectivity index (χ1n) is 13.2. The lowest BCUT2D eigenvalue weighted by Gasteiger charge is -2.14. The van der Waals surface area contributed by atoms with Crippen LogP contribution in [0, 0.1) is 0 Å². The predicted octanol–water partition coefficient (Wildman–Crippen LogP) is 6.89. The number of rotatable bonds is 11. The van der Waals surface area contributed by atoms with E-state index >= 15 is 0 Å². The number of hydrogen-bond acceptors (Lipinski definition) is 6. The van der Waals surface area contributed by atoms with Gasteiger partial charge in [0.1, 0.15) is 5.70 Å². The average molecular weight is 616 g/mol. The molecule has 4 rings (SSSR count). The lowest BCUT2D eigenvalue weighted by atomic mass is 10.1. The molecular formula is C33H30ClN3O5S. The molecule has 4 aromatic carbocycles.